The van der Waals surface area contributed by atoms with Crippen LogP contribution < -0.4 is 0 Å². The van der Waals surface area contributed by atoms with Crippen molar-refractivity contribution < 1.29 is 0 Å². The predicted molar refractivity (Wildman–Crippen MR) is 49.7 cm³/mol. The molecule has 0 saturated carbocycles. The van der Waals surface area contributed by atoms with Crippen molar-refractivity contribution >= 4 is 11.8 Å². The van der Waals surface area contributed by atoms with Crippen molar-refractivity contribution in [1.29, 1.82) is 0 Å². The average Bonchev–Trinajstić information content (AvgIpc) is 2.60. The zero-order valence-electron chi connectivity index (χ0n) is 6.62. The molecule has 2 rings (SSSR count). The second-order valence-electron chi connectivity index (χ2n) is 3.29. The van der Waals surface area contributed by atoms with Crippen molar-refractivity contribution in [1.82, 2.24) is 4.90 Å². The number of rotatable bonds is 2. The van der Waals surface area contributed by atoms with Gasteiger partial charge in [0.2, 0.25) is 0 Å². The molecule has 0 radical (unpaired) electrons. The normalized spacial score (nSPS) is 35.9. The summed E-state index contributed by atoms with van der Waals surface area (Å²) in [6.07, 6.45) is 7.56. The van der Waals surface area contributed by atoms with Crippen LogP contribution in [0, 0.1) is 12.3 Å². The molecule has 2 aliphatic rings. The fourth-order valence-electron chi connectivity index (χ4n) is 1.96. The first-order valence-electron chi connectivity index (χ1n) is 4.19. The Bertz CT molecular complexity index is 184. The highest BCUT2D eigenvalue weighted by atomic mass is 32.2. The van der Waals surface area contributed by atoms with E-state index in [1.165, 1.54) is 18.7 Å². The molecule has 0 aromatic heterocycles. The first-order chi connectivity index (χ1) is 5.40. The van der Waals surface area contributed by atoms with Gasteiger partial charge in [-0.25, -0.2) is 0 Å². The van der Waals surface area contributed by atoms with E-state index in [2.05, 4.69) is 22.6 Å². The molecule has 0 amide bonds. The van der Waals surface area contributed by atoms with Crippen LogP contribution in [0.3, 0.4) is 0 Å². The smallest absolute Gasteiger partial charge is 0.0214 e. The van der Waals surface area contributed by atoms with Crippen LogP contribution in [-0.2, 0) is 0 Å². The zero-order chi connectivity index (χ0) is 7.68. The van der Waals surface area contributed by atoms with Crippen LogP contribution in [0.2, 0.25) is 0 Å². The van der Waals surface area contributed by atoms with Crippen LogP contribution in [0.5, 0.6) is 0 Å². The topological polar surface area (TPSA) is 3.24 Å². The molecule has 2 saturated heterocycles. The Labute approximate surface area is 72.5 Å². The maximum atomic E-state index is 5.22. The van der Waals surface area contributed by atoms with E-state index in [4.69, 9.17) is 6.42 Å². The van der Waals surface area contributed by atoms with E-state index in [0.717, 1.165) is 24.3 Å². The Morgan fingerprint density at radius 1 is 1.64 bits per heavy atom. The van der Waals surface area contributed by atoms with Gasteiger partial charge in [-0.15, -0.1) is 12.3 Å². The molecule has 1 nitrogen and oxygen atoms in total. The van der Waals surface area contributed by atoms with Gasteiger partial charge in [0.05, 0.1) is 0 Å². The van der Waals surface area contributed by atoms with Crippen molar-refractivity contribution in [2.45, 2.75) is 24.1 Å². The second kappa shape index (κ2) is 3.08. The Hall–Kier alpha value is -0.130. The molecule has 2 unspecified atom stereocenters. The molecule has 0 N–H and O–H groups in total. The Morgan fingerprint density at radius 3 is 3.09 bits per heavy atom. The van der Waals surface area contributed by atoms with E-state index >= 15 is 0 Å². The summed E-state index contributed by atoms with van der Waals surface area (Å²) in [6, 6.07) is 0.860. The van der Waals surface area contributed by atoms with E-state index in [0.29, 0.717) is 0 Å². The van der Waals surface area contributed by atoms with Crippen molar-refractivity contribution in [3.05, 3.63) is 0 Å². The summed E-state index contributed by atoms with van der Waals surface area (Å²) < 4.78 is 0. The highest BCUT2D eigenvalue weighted by molar-refractivity contribution is 8.00. The Kier molecular flexibility index (Phi) is 2.11. The van der Waals surface area contributed by atoms with Crippen molar-refractivity contribution in [3.63, 3.8) is 0 Å². The number of hydrogen-bond donors (Lipinski definition) is 0. The zero-order valence-corrected chi connectivity index (χ0v) is 7.44. The van der Waals surface area contributed by atoms with E-state index in [1.807, 2.05) is 0 Å². The summed E-state index contributed by atoms with van der Waals surface area (Å²) in [5, 5.41) is 0.928. The van der Waals surface area contributed by atoms with Gasteiger partial charge in [0.25, 0.3) is 0 Å². The molecule has 2 bridgehead atoms. The van der Waals surface area contributed by atoms with Crippen LogP contribution in [-0.4, -0.2) is 35.0 Å². The molecular formula is C9H13NS. The van der Waals surface area contributed by atoms with Gasteiger partial charge in [0.15, 0.2) is 0 Å². The lowest BCUT2D eigenvalue weighted by Crippen LogP contribution is -2.34. The van der Waals surface area contributed by atoms with Gasteiger partial charge in [-0.2, -0.15) is 11.8 Å². The minimum absolute atomic E-state index is 0.860. The number of thioether (sulfide) groups is 1. The summed E-state index contributed by atoms with van der Waals surface area (Å²) in [4.78, 5) is 2.56. The quantitative estimate of drug-likeness (QED) is 0.569. The molecule has 11 heavy (non-hydrogen) atoms. The molecule has 0 spiro atoms. The van der Waals surface area contributed by atoms with Gasteiger partial charge >= 0.3 is 0 Å². The van der Waals surface area contributed by atoms with Crippen LogP contribution >= 0.6 is 11.8 Å². The van der Waals surface area contributed by atoms with Crippen molar-refractivity contribution in [2.75, 3.05) is 18.8 Å². The summed E-state index contributed by atoms with van der Waals surface area (Å²) >= 11 is 2.14. The maximum absolute atomic E-state index is 5.22. The number of hydrogen-bond acceptors (Lipinski definition) is 2. The van der Waals surface area contributed by atoms with Crippen LogP contribution in [0.4, 0.5) is 0 Å². The highest BCUT2D eigenvalue weighted by Crippen LogP contribution is 2.37. The molecule has 0 aromatic carbocycles. The molecular weight excluding hydrogens is 154 g/mol. The molecule has 2 heterocycles. The van der Waals surface area contributed by atoms with E-state index in [-0.39, 0.29) is 0 Å². The minimum Gasteiger partial charge on any atom is -0.297 e. The van der Waals surface area contributed by atoms with Crippen LogP contribution in [0.1, 0.15) is 12.8 Å². The van der Waals surface area contributed by atoms with Gasteiger partial charge in [-0.05, 0) is 6.42 Å². The minimum atomic E-state index is 0.860. The van der Waals surface area contributed by atoms with Gasteiger partial charge in [-0.3, -0.25) is 4.90 Å². The van der Waals surface area contributed by atoms with Crippen LogP contribution in [0.15, 0.2) is 0 Å². The lowest BCUT2D eigenvalue weighted by Gasteiger charge is -2.25. The van der Waals surface area contributed by atoms with Crippen molar-refractivity contribution in [3.8, 4) is 12.3 Å². The van der Waals surface area contributed by atoms with Crippen LogP contribution in [0.25, 0.3) is 0 Å². The van der Waals surface area contributed by atoms with E-state index < -0.39 is 0 Å². The lowest BCUT2D eigenvalue weighted by atomic mass is 10.2. The molecule has 2 aliphatic heterocycles. The summed E-state index contributed by atoms with van der Waals surface area (Å²) in [6.45, 7) is 2.41. The first kappa shape index (κ1) is 7.52. The van der Waals surface area contributed by atoms with E-state index in [1.54, 1.807) is 0 Å². The fraction of sp³-hybridized carbons (Fsp3) is 0.778. The van der Waals surface area contributed by atoms with Gasteiger partial charge < -0.3 is 0 Å². The van der Waals surface area contributed by atoms with Gasteiger partial charge in [-0.1, -0.05) is 0 Å². The third-order valence-electron chi connectivity index (χ3n) is 2.56. The lowest BCUT2D eigenvalue weighted by molar-refractivity contribution is 0.276. The molecule has 0 aromatic rings. The summed E-state index contributed by atoms with van der Waals surface area (Å²) in [5.74, 6) is 4.05. The average molecular weight is 167 g/mol. The molecule has 2 atom stereocenters. The summed E-state index contributed by atoms with van der Waals surface area (Å²) in [5.41, 5.74) is 0. The Morgan fingerprint density at radius 2 is 2.55 bits per heavy atom. The standard InChI is InChI=1S/C9H13NS/c1-2-3-4-10-6-9-5-8(10)7-11-9/h1,8-9H,3-7H2. The third kappa shape index (κ3) is 1.40. The molecule has 2 heteroatoms. The summed E-state index contributed by atoms with van der Waals surface area (Å²) in [7, 11) is 0. The highest BCUT2D eigenvalue weighted by Gasteiger charge is 2.37. The Balaban J connectivity index is 1.84. The first-order valence-corrected chi connectivity index (χ1v) is 5.24. The fourth-order valence-corrected chi connectivity index (χ4v) is 3.46. The van der Waals surface area contributed by atoms with E-state index in [9.17, 15) is 0 Å². The number of fused-ring (bicyclic) bond motifs is 2. The monoisotopic (exact) mass is 167 g/mol. The number of terminal acetylenes is 1. The number of likely N-dealkylation sites (tertiary alicyclic amines) is 1. The molecule has 2 fully saturated rings. The molecule has 60 valence electrons. The second-order valence-corrected chi connectivity index (χ2v) is 4.63. The largest absolute Gasteiger partial charge is 0.297 e. The third-order valence-corrected chi connectivity index (χ3v) is 3.95. The number of nitrogens with zero attached hydrogens (tertiary/aromatic N) is 1. The predicted octanol–water partition coefficient (Wildman–Crippen LogP) is 1.20. The SMILES string of the molecule is C#CCCN1CC2CC1CS2. The maximum Gasteiger partial charge on any atom is 0.0214 e. The molecule has 0 aliphatic carbocycles. The van der Waals surface area contributed by atoms with Crippen molar-refractivity contribution in [2.24, 2.45) is 0 Å². The van der Waals surface area contributed by atoms with Gasteiger partial charge in [0.1, 0.15) is 0 Å². The van der Waals surface area contributed by atoms with Gasteiger partial charge in [0, 0.05) is 36.6 Å².